The SMILES string of the molecule is CC(C)(C#N)c1ccc(NS(=O)(=O)CBr)cc1. The summed E-state index contributed by atoms with van der Waals surface area (Å²) in [6, 6.07) is 8.98. The summed E-state index contributed by atoms with van der Waals surface area (Å²) in [5.41, 5.74) is 0.760. The molecule has 0 saturated carbocycles. The van der Waals surface area contributed by atoms with Crippen molar-refractivity contribution in [2.45, 2.75) is 19.3 Å². The highest BCUT2D eigenvalue weighted by atomic mass is 79.9. The minimum atomic E-state index is -3.32. The summed E-state index contributed by atoms with van der Waals surface area (Å²) in [4.78, 5) is 0. The van der Waals surface area contributed by atoms with Crippen molar-refractivity contribution < 1.29 is 8.42 Å². The Morgan fingerprint density at radius 3 is 2.29 bits per heavy atom. The Kier molecular flexibility index (Phi) is 4.17. The number of nitrogens with one attached hydrogen (secondary N) is 1. The van der Waals surface area contributed by atoms with Crippen molar-refractivity contribution in [2.75, 3.05) is 9.38 Å². The van der Waals surface area contributed by atoms with Crippen molar-refractivity contribution in [2.24, 2.45) is 0 Å². The fourth-order valence-electron chi connectivity index (χ4n) is 1.23. The molecular formula is C11H13BrN2O2S. The lowest BCUT2D eigenvalue weighted by Gasteiger charge is -2.16. The largest absolute Gasteiger partial charge is 0.283 e. The molecule has 0 unspecified atom stereocenters. The standard InChI is InChI=1S/C11H13BrN2O2S/c1-11(2,7-13)9-3-5-10(6-4-9)14-17(15,16)8-12/h3-6,14H,8H2,1-2H3. The molecule has 0 fully saturated rings. The molecule has 0 saturated heterocycles. The van der Waals surface area contributed by atoms with Crippen LogP contribution in [0.25, 0.3) is 0 Å². The number of benzene rings is 1. The van der Waals surface area contributed by atoms with Gasteiger partial charge in [-0.1, -0.05) is 28.1 Å². The van der Waals surface area contributed by atoms with Crippen molar-refractivity contribution in [1.29, 1.82) is 5.26 Å². The molecule has 0 radical (unpaired) electrons. The van der Waals surface area contributed by atoms with Crippen LogP contribution in [0.1, 0.15) is 19.4 Å². The summed E-state index contributed by atoms with van der Waals surface area (Å²) >= 11 is 2.89. The van der Waals surface area contributed by atoms with Gasteiger partial charge in [0, 0.05) is 5.69 Å². The first kappa shape index (κ1) is 14.0. The maximum atomic E-state index is 11.3. The third kappa shape index (κ3) is 3.72. The van der Waals surface area contributed by atoms with Crippen LogP contribution < -0.4 is 4.72 Å². The van der Waals surface area contributed by atoms with Gasteiger partial charge in [0.25, 0.3) is 0 Å². The molecule has 1 N–H and O–H groups in total. The van der Waals surface area contributed by atoms with Gasteiger partial charge in [0.1, 0.15) is 4.66 Å². The lowest BCUT2D eigenvalue weighted by Crippen LogP contribution is -2.15. The van der Waals surface area contributed by atoms with Crippen LogP contribution in [-0.2, 0) is 15.4 Å². The number of hydrogen-bond donors (Lipinski definition) is 1. The molecule has 6 heteroatoms. The van der Waals surface area contributed by atoms with Crippen molar-refractivity contribution >= 4 is 31.6 Å². The number of nitriles is 1. The number of nitrogens with zero attached hydrogens (tertiary/aromatic N) is 1. The van der Waals surface area contributed by atoms with Gasteiger partial charge in [0.15, 0.2) is 0 Å². The maximum absolute atomic E-state index is 11.3. The highest BCUT2D eigenvalue weighted by Gasteiger charge is 2.19. The molecule has 0 spiro atoms. The second-order valence-electron chi connectivity index (χ2n) is 4.14. The fourth-order valence-corrected chi connectivity index (χ4v) is 2.12. The molecule has 4 nitrogen and oxygen atoms in total. The Bertz CT molecular complexity index is 530. The summed E-state index contributed by atoms with van der Waals surface area (Å²) < 4.78 is 24.9. The lowest BCUT2D eigenvalue weighted by molar-refractivity contribution is 0.606. The first-order chi connectivity index (χ1) is 7.80. The molecule has 92 valence electrons. The highest BCUT2D eigenvalue weighted by molar-refractivity contribution is 9.10. The molecule has 0 aromatic heterocycles. The minimum Gasteiger partial charge on any atom is -0.283 e. The molecule has 0 bridgehead atoms. The van der Waals surface area contributed by atoms with Crippen LogP contribution in [0, 0.1) is 11.3 Å². The normalized spacial score (nSPS) is 11.9. The van der Waals surface area contributed by atoms with E-state index in [0.29, 0.717) is 5.69 Å². The second-order valence-corrected chi connectivity index (χ2v) is 7.17. The molecular weight excluding hydrogens is 304 g/mol. The van der Waals surface area contributed by atoms with E-state index in [2.05, 4.69) is 26.7 Å². The van der Waals surface area contributed by atoms with Gasteiger partial charge in [0.2, 0.25) is 10.0 Å². The highest BCUT2D eigenvalue weighted by Crippen LogP contribution is 2.23. The summed E-state index contributed by atoms with van der Waals surface area (Å²) in [6.07, 6.45) is 0. The predicted octanol–water partition coefficient (Wildman–Crippen LogP) is 2.58. The Morgan fingerprint density at radius 2 is 1.88 bits per heavy atom. The first-order valence-corrected chi connectivity index (χ1v) is 7.66. The molecule has 0 aliphatic heterocycles. The Labute approximate surface area is 110 Å². The number of sulfonamides is 1. The van der Waals surface area contributed by atoms with Crippen LogP contribution in [0.5, 0.6) is 0 Å². The van der Waals surface area contributed by atoms with E-state index in [1.165, 1.54) is 0 Å². The molecule has 1 aromatic rings. The predicted molar refractivity (Wildman–Crippen MR) is 71.4 cm³/mol. The van der Waals surface area contributed by atoms with E-state index in [1.807, 2.05) is 13.8 Å². The topological polar surface area (TPSA) is 70.0 Å². The van der Waals surface area contributed by atoms with Gasteiger partial charge < -0.3 is 0 Å². The molecule has 0 aliphatic rings. The molecule has 0 aliphatic carbocycles. The molecule has 17 heavy (non-hydrogen) atoms. The number of rotatable bonds is 4. The van der Waals surface area contributed by atoms with Crippen molar-refractivity contribution in [3.05, 3.63) is 29.8 Å². The van der Waals surface area contributed by atoms with E-state index >= 15 is 0 Å². The average Bonchev–Trinajstić information content (AvgIpc) is 2.29. The zero-order valence-corrected chi connectivity index (χ0v) is 12.0. The van der Waals surface area contributed by atoms with Crippen molar-refractivity contribution in [1.82, 2.24) is 0 Å². The number of hydrogen-bond acceptors (Lipinski definition) is 3. The summed E-state index contributed by atoms with van der Waals surface area (Å²) in [6.45, 7) is 3.62. The van der Waals surface area contributed by atoms with E-state index < -0.39 is 15.4 Å². The van der Waals surface area contributed by atoms with Crippen molar-refractivity contribution in [3.63, 3.8) is 0 Å². The Balaban J connectivity index is 2.95. The van der Waals surface area contributed by atoms with Gasteiger partial charge in [-0.3, -0.25) is 4.72 Å². The van der Waals surface area contributed by atoms with E-state index in [-0.39, 0.29) is 4.66 Å². The summed E-state index contributed by atoms with van der Waals surface area (Å²) in [5, 5.41) is 8.97. The minimum absolute atomic E-state index is 0.147. The van der Waals surface area contributed by atoms with Gasteiger partial charge in [-0.2, -0.15) is 5.26 Å². The van der Waals surface area contributed by atoms with E-state index in [1.54, 1.807) is 24.3 Å². The van der Waals surface area contributed by atoms with Crippen LogP contribution in [-0.4, -0.2) is 13.1 Å². The smallest absolute Gasteiger partial charge is 0.242 e. The van der Waals surface area contributed by atoms with Crippen LogP contribution in [0.2, 0.25) is 0 Å². The average molecular weight is 317 g/mol. The summed E-state index contributed by atoms with van der Waals surface area (Å²) in [7, 11) is -3.32. The Hall–Kier alpha value is -1.06. The van der Waals surface area contributed by atoms with Gasteiger partial charge in [0.05, 0.1) is 11.5 Å². The lowest BCUT2D eigenvalue weighted by atomic mass is 9.86. The molecule has 0 heterocycles. The third-order valence-electron chi connectivity index (χ3n) is 2.30. The van der Waals surface area contributed by atoms with Crippen LogP contribution in [0.15, 0.2) is 24.3 Å². The van der Waals surface area contributed by atoms with Crippen LogP contribution in [0.4, 0.5) is 5.69 Å². The van der Waals surface area contributed by atoms with Crippen molar-refractivity contribution in [3.8, 4) is 6.07 Å². The van der Waals surface area contributed by atoms with Gasteiger partial charge in [-0.25, -0.2) is 8.42 Å². The van der Waals surface area contributed by atoms with Crippen LogP contribution in [0.3, 0.4) is 0 Å². The van der Waals surface area contributed by atoms with Gasteiger partial charge in [-0.15, -0.1) is 0 Å². The number of anilines is 1. The van der Waals surface area contributed by atoms with E-state index in [9.17, 15) is 8.42 Å². The zero-order valence-electron chi connectivity index (χ0n) is 9.57. The van der Waals surface area contributed by atoms with Gasteiger partial charge in [-0.05, 0) is 31.5 Å². The quantitative estimate of drug-likeness (QED) is 0.868. The van der Waals surface area contributed by atoms with E-state index in [4.69, 9.17) is 5.26 Å². The molecule has 1 aromatic carbocycles. The number of halogens is 1. The molecule has 0 amide bonds. The molecule has 0 atom stereocenters. The Morgan fingerprint density at radius 1 is 1.35 bits per heavy atom. The zero-order chi connectivity index (χ0) is 13.1. The monoisotopic (exact) mass is 316 g/mol. The second kappa shape index (κ2) is 5.07. The fraction of sp³-hybridized carbons (Fsp3) is 0.364. The maximum Gasteiger partial charge on any atom is 0.242 e. The third-order valence-corrected chi connectivity index (χ3v) is 4.95. The molecule has 1 rings (SSSR count). The summed E-state index contributed by atoms with van der Waals surface area (Å²) in [5.74, 6) is 0. The van der Waals surface area contributed by atoms with Crippen LogP contribution >= 0.6 is 15.9 Å². The number of alkyl halides is 1. The van der Waals surface area contributed by atoms with Gasteiger partial charge >= 0.3 is 0 Å². The first-order valence-electron chi connectivity index (χ1n) is 4.89. The van der Waals surface area contributed by atoms with E-state index in [0.717, 1.165) is 5.56 Å².